The van der Waals surface area contributed by atoms with E-state index in [0.717, 1.165) is 40.3 Å². The van der Waals surface area contributed by atoms with Crippen LogP contribution in [-0.2, 0) is 0 Å². The Balaban J connectivity index is 2.47. The maximum absolute atomic E-state index is 5.78. The third-order valence-electron chi connectivity index (χ3n) is 4.56. The Hall–Kier alpha value is -3.20. The molecule has 0 aliphatic carbocycles. The zero-order valence-corrected chi connectivity index (χ0v) is 18.3. The summed E-state index contributed by atoms with van der Waals surface area (Å²) in [5.41, 5.74) is 14.7. The molecule has 0 fully saturated rings. The number of rotatable bonds is 8. The largest absolute Gasteiger partial charge is 0.403 e. The van der Waals surface area contributed by atoms with Crippen molar-refractivity contribution in [2.24, 2.45) is 5.73 Å². The van der Waals surface area contributed by atoms with Gasteiger partial charge in [-0.05, 0) is 75.6 Å². The molecular weight excluding hydrogens is 354 g/mol. The Labute approximate surface area is 175 Å². The summed E-state index contributed by atoms with van der Waals surface area (Å²) >= 11 is 0. The van der Waals surface area contributed by atoms with Gasteiger partial charge in [-0.2, -0.15) is 0 Å². The second-order valence-corrected chi connectivity index (χ2v) is 7.37. The van der Waals surface area contributed by atoms with Crippen LogP contribution in [0.5, 0.6) is 0 Å². The summed E-state index contributed by atoms with van der Waals surface area (Å²) in [6.45, 7) is 15.2. The van der Waals surface area contributed by atoms with E-state index in [2.05, 4.69) is 105 Å². The number of hydrogen-bond donors (Lipinski definition) is 2. The summed E-state index contributed by atoms with van der Waals surface area (Å²) in [6, 6.07) is 15.0. The number of benzene rings is 2. The molecule has 0 aromatic heterocycles. The van der Waals surface area contributed by atoms with E-state index in [1.54, 1.807) is 6.20 Å². The molecule has 2 aromatic carbocycles. The number of nitrogens with two attached hydrogens (primary N) is 1. The third-order valence-corrected chi connectivity index (χ3v) is 4.56. The van der Waals surface area contributed by atoms with Crippen molar-refractivity contribution in [1.29, 1.82) is 0 Å². The molecule has 0 heterocycles. The summed E-state index contributed by atoms with van der Waals surface area (Å²) in [5.74, 6) is 0. The second-order valence-electron chi connectivity index (χ2n) is 7.37. The number of hydrogen-bond acceptors (Lipinski definition) is 3. The molecule has 0 spiro atoms. The van der Waals surface area contributed by atoms with Gasteiger partial charge in [-0.1, -0.05) is 48.1 Å². The highest BCUT2D eigenvalue weighted by atomic mass is 15.1. The Morgan fingerprint density at radius 3 is 2.34 bits per heavy atom. The van der Waals surface area contributed by atoms with Gasteiger partial charge in [-0.3, -0.25) is 0 Å². The molecule has 3 N–H and O–H groups in total. The Kier molecular flexibility index (Phi) is 7.90. The van der Waals surface area contributed by atoms with Gasteiger partial charge in [0.25, 0.3) is 0 Å². The highest BCUT2D eigenvalue weighted by Gasteiger charge is 2.10. The second kappa shape index (κ2) is 10.4. The summed E-state index contributed by atoms with van der Waals surface area (Å²) in [6.07, 6.45) is 7.93. The van der Waals surface area contributed by atoms with Crippen LogP contribution in [0, 0.1) is 13.8 Å². The lowest BCUT2D eigenvalue weighted by Crippen LogP contribution is -2.13. The maximum atomic E-state index is 5.78. The minimum atomic E-state index is 0.830. The molecule has 0 aliphatic rings. The van der Waals surface area contributed by atoms with Gasteiger partial charge in [-0.25, -0.2) is 0 Å². The van der Waals surface area contributed by atoms with Crippen LogP contribution in [0.15, 0.2) is 84.7 Å². The average molecular weight is 388 g/mol. The normalized spacial score (nSPS) is 12.3. The van der Waals surface area contributed by atoms with Crippen LogP contribution in [0.4, 0.5) is 11.4 Å². The van der Waals surface area contributed by atoms with Crippen LogP contribution in [0.1, 0.15) is 37.5 Å². The predicted octanol–water partition coefficient (Wildman–Crippen LogP) is 6.34. The van der Waals surface area contributed by atoms with Crippen LogP contribution in [0.3, 0.4) is 0 Å². The Morgan fingerprint density at radius 2 is 1.79 bits per heavy atom. The van der Waals surface area contributed by atoms with Crippen molar-refractivity contribution < 1.29 is 0 Å². The van der Waals surface area contributed by atoms with Gasteiger partial charge in [0, 0.05) is 30.3 Å². The highest BCUT2D eigenvalue weighted by molar-refractivity contribution is 5.72. The van der Waals surface area contributed by atoms with Crippen molar-refractivity contribution in [2.75, 3.05) is 11.4 Å². The zero-order valence-electron chi connectivity index (χ0n) is 18.3. The van der Waals surface area contributed by atoms with Crippen LogP contribution < -0.4 is 16.0 Å². The fourth-order valence-electron chi connectivity index (χ4n) is 3.26. The molecule has 2 aromatic rings. The molecule has 29 heavy (non-hydrogen) atoms. The van der Waals surface area contributed by atoms with Crippen molar-refractivity contribution >= 4 is 17.1 Å². The van der Waals surface area contributed by atoms with E-state index >= 15 is 0 Å². The van der Waals surface area contributed by atoms with Gasteiger partial charge in [0.15, 0.2) is 0 Å². The van der Waals surface area contributed by atoms with Gasteiger partial charge in [0.05, 0.1) is 5.70 Å². The number of aryl methyl sites for hydroxylation is 2. The lowest BCUT2D eigenvalue weighted by Gasteiger charge is -2.24. The zero-order chi connectivity index (χ0) is 21.4. The smallest absolute Gasteiger partial charge is 0.0571 e. The van der Waals surface area contributed by atoms with E-state index in [9.17, 15) is 0 Å². The molecule has 0 atom stereocenters. The van der Waals surface area contributed by atoms with Gasteiger partial charge in [0.1, 0.15) is 0 Å². The SMILES string of the molecule is C=C(C)/C=C(C)\C=C/N(c1ccc(/C(=C/N)NCC)cc1)c1ccc(C)cc1C. The van der Waals surface area contributed by atoms with Crippen molar-refractivity contribution in [3.63, 3.8) is 0 Å². The van der Waals surface area contributed by atoms with Crippen molar-refractivity contribution in [3.05, 3.63) is 101 Å². The molecule has 0 saturated heterocycles. The van der Waals surface area contributed by atoms with Gasteiger partial charge < -0.3 is 16.0 Å². The quantitative estimate of drug-likeness (QED) is 0.519. The number of nitrogens with zero attached hydrogens (tertiary/aromatic N) is 1. The molecule has 0 bridgehead atoms. The number of anilines is 2. The molecule has 0 amide bonds. The standard InChI is InChI=1S/C26H33N3/c1-7-28-25(18-27)23-9-11-24(12-10-23)29(15-14-21(5)16-19(2)3)26-13-8-20(4)17-22(26)6/h8-18,28H,2,7,27H2,1,3-6H3/b15-14-,21-16-,25-18-. The van der Waals surface area contributed by atoms with E-state index in [4.69, 9.17) is 5.73 Å². The minimum absolute atomic E-state index is 0.830. The molecule has 0 aliphatic heterocycles. The first-order valence-electron chi connectivity index (χ1n) is 10.0. The molecule has 3 nitrogen and oxygen atoms in total. The lowest BCUT2D eigenvalue weighted by atomic mass is 10.1. The molecule has 3 heteroatoms. The first kappa shape index (κ1) is 22.1. The van der Waals surface area contributed by atoms with Crippen molar-refractivity contribution in [1.82, 2.24) is 5.32 Å². The van der Waals surface area contributed by atoms with Crippen LogP contribution in [0.2, 0.25) is 0 Å². The summed E-state index contributed by atoms with van der Waals surface area (Å²) in [4.78, 5) is 2.22. The van der Waals surface area contributed by atoms with E-state index < -0.39 is 0 Å². The molecule has 0 saturated carbocycles. The third kappa shape index (κ3) is 6.15. The van der Waals surface area contributed by atoms with E-state index in [0.29, 0.717) is 0 Å². The fourth-order valence-corrected chi connectivity index (χ4v) is 3.26. The van der Waals surface area contributed by atoms with Gasteiger partial charge in [-0.15, -0.1) is 0 Å². The van der Waals surface area contributed by atoms with E-state index in [1.165, 1.54) is 11.1 Å². The van der Waals surface area contributed by atoms with Crippen molar-refractivity contribution in [2.45, 2.75) is 34.6 Å². The first-order valence-corrected chi connectivity index (χ1v) is 10.0. The monoisotopic (exact) mass is 387 g/mol. The van der Waals surface area contributed by atoms with Gasteiger partial charge in [0.2, 0.25) is 0 Å². The van der Waals surface area contributed by atoms with E-state index in [1.807, 2.05) is 6.92 Å². The molecule has 152 valence electrons. The molecule has 0 radical (unpaired) electrons. The lowest BCUT2D eigenvalue weighted by molar-refractivity contribution is 0.937. The molecule has 0 unspecified atom stereocenters. The maximum Gasteiger partial charge on any atom is 0.0571 e. The first-order chi connectivity index (χ1) is 13.8. The van der Waals surface area contributed by atoms with Crippen LogP contribution in [-0.4, -0.2) is 6.54 Å². The average Bonchev–Trinajstić information content (AvgIpc) is 2.67. The van der Waals surface area contributed by atoms with Gasteiger partial charge >= 0.3 is 0 Å². The van der Waals surface area contributed by atoms with E-state index in [-0.39, 0.29) is 0 Å². The minimum Gasteiger partial charge on any atom is -0.403 e. The Morgan fingerprint density at radius 1 is 1.10 bits per heavy atom. The topological polar surface area (TPSA) is 41.3 Å². The van der Waals surface area contributed by atoms with Crippen LogP contribution >= 0.6 is 0 Å². The predicted molar refractivity (Wildman–Crippen MR) is 128 cm³/mol. The summed E-state index contributed by atoms with van der Waals surface area (Å²) in [7, 11) is 0. The molecular formula is C26H33N3. The molecule has 2 rings (SSSR count). The highest BCUT2D eigenvalue weighted by Crippen LogP contribution is 2.30. The van der Waals surface area contributed by atoms with Crippen molar-refractivity contribution in [3.8, 4) is 0 Å². The Bertz CT molecular complexity index is 931. The summed E-state index contributed by atoms with van der Waals surface area (Å²) < 4.78 is 0. The summed E-state index contributed by atoms with van der Waals surface area (Å²) in [5, 5.41) is 3.30. The number of nitrogens with one attached hydrogen (secondary N) is 1. The fraction of sp³-hybridized carbons (Fsp3) is 0.231. The van der Waals surface area contributed by atoms with Crippen LogP contribution in [0.25, 0.3) is 5.70 Å². The number of allylic oxidation sites excluding steroid dienone is 4.